The van der Waals surface area contributed by atoms with Gasteiger partial charge < -0.3 is 5.32 Å². The number of nitro benzene ring substituents is 1. The number of carbonyl (C=O) groups excluding carboxylic acids is 1. The average Bonchev–Trinajstić information content (AvgIpc) is 2.66. The monoisotopic (exact) mass is 445 g/mol. The summed E-state index contributed by atoms with van der Waals surface area (Å²) >= 11 is 0. The number of nitro groups is 1. The summed E-state index contributed by atoms with van der Waals surface area (Å²) < 4.78 is 64.6. The van der Waals surface area contributed by atoms with Crippen LogP contribution in [0.2, 0.25) is 0 Å². The number of aryl methyl sites for hydroxylation is 1. The standard InChI is InChI=1S/C18H18F3N3O5S/c1-12-7-8-14(11-16(12)24(26)27)23-17(25)6-3-9-22-30(28,29)15-5-2-4-13(10-15)18(19,20)21/h2,4-5,7-8,10-11,22H,3,6,9H2,1H3,(H,23,25). The van der Waals surface area contributed by atoms with Gasteiger partial charge in [-0.3, -0.25) is 14.9 Å². The van der Waals surface area contributed by atoms with Crippen molar-refractivity contribution in [2.45, 2.75) is 30.8 Å². The molecule has 0 aliphatic rings. The van der Waals surface area contributed by atoms with E-state index in [2.05, 4.69) is 10.0 Å². The van der Waals surface area contributed by atoms with E-state index in [1.807, 2.05) is 0 Å². The van der Waals surface area contributed by atoms with Crippen LogP contribution in [0.15, 0.2) is 47.4 Å². The van der Waals surface area contributed by atoms with E-state index in [-0.39, 0.29) is 30.8 Å². The minimum Gasteiger partial charge on any atom is -0.326 e. The van der Waals surface area contributed by atoms with Crippen LogP contribution in [0.25, 0.3) is 0 Å². The Bertz CT molecular complexity index is 1060. The van der Waals surface area contributed by atoms with E-state index in [0.717, 1.165) is 18.2 Å². The smallest absolute Gasteiger partial charge is 0.326 e. The van der Waals surface area contributed by atoms with Gasteiger partial charge in [0.1, 0.15) is 0 Å². The molecule has 0 spiro atoms. The Balaban J connectivity index is 1.89. The molecule has 0 bridgehead atoms. The van der Waals surface area contributed by atoms with Crippen molar-refractivity contribution in [3.05, 3.63) is 63.7 Å². The van der Waals surface area contributed by atoms with Gasteiger partial charge in [-0.25, -0.2) is 13.1 Å². The lowest BCUT2D eigenvalue weighted by Gasteiger charge is -2.10. The predicted octanol–water partition coefficient (Wildman–Crippen LogP) is 3.62. The molecule has 2 aromatic carbocycles. The second-order valence-corrected chi connectivity index (χ2v) is 8.10. The Morgan fingerprint density at radius 1 is 1.17 bits per heavy atom. The molecule has 162 valence electrons. The van der Waals surface area contributed by atoms with Crippen molar-refractivity contribution in [2.24, 2.45) is 0 Å². The summed E-state index contributed by atoms with van der Waals surface area (Å²) in [5.74, 6) is -0.494. The average molecular weight is 445 g/mol. The quantitative estimate of drug-likeness (QED) is 0.366. The van der Waals surface area contributed by atoms with Gasteiger partial charge in [0.15, 0.2) is 0 Å². The highest BCUT2D eigenvalue weighted by Gasteiger charge is 2.31. The maximum absolute atomic E-state index is 12.7. The number of hydrogen-bond acceptors (Lipinski definition) is 5. The first kappa shape index (κ1) is 23.3. The van der Waals surface area contributed by atoms with Crippen LogP contribution in [-0.2, 0) is 21.0 Å². The molecule has 2 aromatic rings. The fraction of sp³-hybridized carbons (Fsp3) is 0.278. The first-order chi connectivity index (χ1) is 13.9. The summed E-state index contributed by atoms with van der Waals surface area (Å²) in [6, 6.07) is 7.51. The van der Waals surface area contributed by atoms with Crippen LogP contribution >= 0.6 is 0 Å². The third-order valence-electron chi connectivity index (χ3n) is 4.03. The molecular weight excluding hydrogens is 427 g/mol. The Labute approximate surface area is 170 Å². The summed E-state index contributed by atoms with van der Waals surface area (Å²) in [6.45, 7) is 1.38. The molecule has 0 saturated carbocycles. The van der Waals surface area contributed by atoms with Gasteiger partial charge in [0, 0.05) is 30.3 Å². The lowest BCUT2D eigenvalue weighted by molar-refractivity contribution is -0.385. The van der Waals surface area contributed by atoms with E-state index in [1.165, 1.54) is 18.2 Å². The minimum absolute atomic E-state index is 0.0674. The number of carbonyl (C=O) groups is 1. The van der Waals surface area contributed by atoms with Gasteiger partial charge >= 0.3 is 6.18 Å². The van der Waals surface area contributed by atoms with E-state index in [4.69, 9.17) is 0 Å². The third kappa shape index (κ3) is 6.26. The zero-order chi connectivity index (χ0) is 22.5. The van der Waals surface area contributed by atoms with E-state index in [1.54, 1.807) is 6.92 Å². The summed E-state index contributed by atoms with van der Waals surface area (Å²) in [5, 5.41) is 13.4. The van der Waals surface area contributed by atoms with Crippen molar-refractivity contribution in [3.63, 3.8) is 0 Å². The van der Waals surface area contributed by atoms with Gasteiger partial charge in [-0.05, 0) is 37.6 Å². The maximum atomic E-state index is 12.7. The van der Waals surface area contributed by atoms with Crippen LogP contribution in [-0.4, -0.2) is 25.8 Å². The molecule has 0 aromatic heterocycles. The Hall–Kier alpha value is -2.99. The molecule has 0 aliphatic carbocycles. The van der Waals surface area contributed by atoms with Gasteiger partial charge in [-0.15, -0.1) is 0 Å². The van der Waals surface area contributed by atoms with Gasteiger partial charge in [-0.1, -0.05) is 12.1 Å². The number of alkyl halides is 3. The Morgan fingerprint density at radius 3 is 2.50 bits per heavy atom. The summed E-state index contributed by atoms with van der Waals surface area (Å²) in [6.07, 6.45) is -4.71. The molecular formula is C18H18F3N3O5S. The highest BCUT2D eigenvalue weighted by Crippen LogP contribution is 2.30. The lowest BCUT2D eigenvalue weighted by Crippen LogP contribution is -2.26. The number of halogens is 3. The molecule has 0 aliphatic heterocycles. The molecule has 1 amide bonds. The largest absolute Gasteiger partial charge is 0.416 e. The summed E-state index contributed by atoms with van der Waals surface area (Å²) in [7, 11) is -4.18. The number of anilines is 1. The Morgan fingerprint density at radius 2 is 1.87 bits per heavy atom. The zero-order valence-corrected chi connectivity index (χ0v) is 16.5. The fourth-order valence-electron chi connectivity index (χ4n) is 2.49. The van der Waals surface area contributed by atoms with Crippen molar-refractivity contribution in [1.29, 1.82) is 0 Å². The lowest BCUT2D eigenvalue weighted by atomic mass is 10.2. The first-order valence-corrected chi connectivity index (χ1v) is 10.1. The molecule has 12 heteroatoms. The summed E-state index contributed by atoms with van der Waals surface area (Å²) in [5.41, 5.74) is -0.581. The number of rotatable bonds is 8. The molecule has 2 rings (SSSR count). The molecule has 8 nitrogen and oxygen atoms in total. The van der Waals surface area contributed by atoms with Gasteiger partial charge in [-0.2, -0.15) is 13.2 Å². The third-order valence-corrected chi connectivity index (χ3v) is 5.49. The van der Waals surface area contributed by atoms with Crippen molar-refractivity contribution < 1.29 is 31.3 Å². The second kappa shape index (κ2) is 9.22. The molecule has 0 atom stereocenters. The van der Waals surface area contributed by atoms with Crippen LogP contribution in [0.1, 0.15) is 24.0 Å². The predicted molar refractivity (Wildman–Crippen MR) is 102 cm³/mol. The van der Waals surface area contributed by atoms with Crippen LogP contribution in [0.3, 0.4) is 0 Å². The highest BCUT2D eigenvalue weighted by molar-refractivity contribution is 7.89. The topological polar surface area (TPSA) is 118 Å². The van der Waals surface area contributed by atoms with Crippen LogP contribution in [0.4, 0.5) is 24.5 Å². The van der Waals surface area contributed by atoms with Crippen LogP contribution < -0.4 is 10.0 Å². The number of benzene rings is 2. The number of sulfonamides is 1. The molecule has 0 unspecified atom stereocenters. The molecule has 30 heavy (non-hydrogen) atoms. The molecule has 0 radical (unpaired) electrons. The van der Waals surface area contributed by atoms with Crippen molar-refractivity contribution in [1.82, 2.24) is 4.72 Å². The Kier molecular flexibility index (Phi) is 7.16. The van der Waals surface area contributed by atoms with Gasteiger partial charge in [0.2, 0.25) is 15.9 Å². The van der Waals surface area contributed by atoms with E-state index < -0.39 is 37.5 Å². The molecule has 0 heterocycles. The van der Waals surface area contributed by atoms with Crippen molar-refractivity contribution >= 4 is 27.3 Å². The van der Waals surface area contributed by atoms with Gasteiger partial charge in [0.25, 0.3) is 5.69 Å². The zero-order valence-electron chi connectivity index (χ0n) is 15.7. The highest BCUT2D eigenvalue weighted by atomic mass is 32.2. The van der Waals surface area contributed by atoms with Crippen LogP contribution in [0, 0.1) is 17.0 Å². The molecule has 0 fully saturated rings. The number of hydrogen-bond donors (Lipinski definition) is 2. The minimum atomic E-state index is -4.67. The summed E-state index contributed by atoms with van der Waals surface area (Å²) in [4.78, 5) is 21.8. The first-order valence-electron chi connectivity index (χ1n) is 8.62. The van der Waals surface area contributed by atoms with E-state index >= 15 is 0 Å². The van der Waals surface area contributed by atoms with E-state index in [9.17, 15) is 36.5 Å². The fourth-order valence-corrected chi connectivity index (χ4v) is 3.61. The number of nitrogens with one attached hydrogen (secondary N) is 2. The molecule has 2 N–H and O–H groups in total. The maximum Gasteiger partial charge on any atom is 0.416 e. The number of amides is 1. The van der Waals surface area contributed by atoms with E-state index in [0.29, 0.717) is 11.6 Å². The van der Waals surface area contributed by atoms with Crippen molar-refractivity contribution in [2.75, 3.05) is 11.9 Å². The van der Waals surface area contributed by atoms with Crippen molar-refractivity contribution in [3.8, 4) is 0 Å². The second-order valence-electron chi connectivity index (χ2n) is 6.33. The normalized spacial score (nSPS) is 11.9. The van der Waals surface area contributed by atoms with Crippen LogP contribution in [0.5, 0.6) is 0 Å². The molecule has 0 saturated heterocycles. The SMILES string of the molecule is Cc1ccc(NC(=O)CCCNS(=O)(=O)c2cccc(C(F)(F)F)c2)cc1[N+](=O)[O-]. The number of nitrogens with zero attached hydrogens (tertiary/aromatic N) is 1. The van der Waals surface area contributed by atoms with Gasteiger partial charge in [0.05, 0.1) is 15.4 Å².